The summed E-state index contributed by atoms with van der Waals surface area (Å²) in [5, 5.41) is 2.99. The number of carbonyl (C=O) groups is 1. The Hall–Kier alpha value is -0.860. The second kappa shape index (κ2) is 4.58. The summed E-state index contributed by atoms with van der Waals surface area (Å²) in [6, 6.07) is -0.169. The minimum atomic E-state index is -3.79. The molecule has 0 aromatic rings. The van der Waals surface area contributed by atoms with E-state index in [4.69, 9.17) is 0 Å². The van der Waals surface area contributed by atoms with Crippen LogP contribution in [0.25, 0.3) is 0 Å². The van der Waals surface area contributed by atoms with Gasteiger partial charge in [0.1, 0.15) is 0 Å². The fourth-order valence-electron chi connectivity index (χ4n) is 1.16. The van der Waals surface area contributed by atoms with Crippen LogP contribution in [0.4, 0.5) is 4.79 Å². The first-order chi connectivity index (χ1) is 6.53. The molecule has 82 valence electrons. The van der Waals surface area contributed by atoms with Crippen LogP contribution in [-0.4, -0.2) is 40.8 Å². The van der Waals surface area contributed by atoms with Gasteiger partial charge in [0.15, 0.2) is 0 Å². The molecule has 0 bridgehead atoms. The van der Waals surface area contributed by atoms with Crippen LogP contribution in [0.2, 0.25) is 0 Å². The monoisotopic (exact) mass is 223 g/mol. The Balaban J connectivity index is 2.44. The molecule has 1 saturated heterocycles. The van der Waals surface area contributed by atoms with Crippen LogP contribution in [0.3, 0.4) is 0 Å². The van der Waals surface area contributed by atoms with Gasteiger partial charge in [0.2, 0.25) is 0 Å². The van der Waals surface area contributed by atoms with Gasteiger partial charge in [-0.1, -0.05) is 0 Å². The first-order valence-corrected chi connectivity index (χ1v) is 5.60. The van der Waals surface area contributed by atoms with Gasteiger partial charge in [-0.2, -0.15) is 13.1 Å². The summed E-state index contributed by atoms with van der Waals surface area (Å²) in [5.41, 5.74) is 0. The maximum Gasteiger partial charge on any atom is 0.421 e. The van der Waals surface area contributed by atoms with Crippen molar-refractivity contribution in [3.05, 3.63) is 0 Å². The molecule has 0 aromatic carbocycles. The fourth-order valence-corrected chi connectivity index (χ4v) is 2.16. The average molecular weight is 223 g/mol. The van der Waals surface area contributed by atoms with Crippen molar-refractivity contribution in [2.75, 3.05) is 20.2 Å². The van der Waals surface area contributed by atoms with Crippen LogP contribution in [0.1, 0.15) is 6.42 Å². The third-order valence-corrected chi connectivity index (χ3v) is 2.86. The lowest BCUT2D eigenvalue weighted by Crippen LogP contribution is -2.45. The van der Waals surface area contributed by atoms with E-state index in [0.29, 0.717) is 13.0 Å². The minimum Gasteiger partial charge on any atom is -0.452 e. The molecule has 0 saturated carbocycles. The summed E-state index contributed by atoms with van der Waals surface area (Å²) in [6.45, 7) is 1.34. The number of rotatable bonds is 3. The zero-order valence-electron chi connectivity index (χ0n) is 7.74. The summed E-state index contributed by atoms with van der Waals surface area (Å²) in [4.78, 5) is 10.6. The van der Waals surface area contributed by atoms with Crippen LogP contribution < -0.4 is 14.8 Å². The van der Waals surface area contributed by atoms with Crippen LogP contribution in [0, 0.1) is 0 Å². The molecular formula is C6H13N3O4S. The zero-order chi connectivity index (χ0) is 10.6. The molecule has 14 heavy (non-hydrogen) atoms. The first kappa shape index (κ1) is 11.2. The van der Waals surface area contributed by atoms with Gasteiger partial charge in [0.05, 0.1) is 7.11 Å². The smallest absolute Gasteiger partial charge is 0.421 e. The molecule has 1 rings (SSSR count). The molecule has 7 nitrogen and oxygen atoms in total. The Morgan fingerprint density at radius 3 is 2.79 bits per heavy atom. The van der Waals surface area contributed by atoms with Gasteiger partial charge < -0.3 is 10.1 Å². The molecule has 1 aliphatic rings. The summed E-state index contributed by atoms with van der Waals surface area (Å²) in [5.74, 6) is 0. The number of ether oxygens (including phenoxy) is 1. The quantitative estimate of drug-likeness (QED) is 0.543. The molecule has 3 N–H and O–H groups in total. The second-order valence-electron chi connectivity index (χ2n) is 2.90. The summed E-state index contributed by atoms with van der Waals surface area (Å²) >= 11 is 0. The van der Waals surface area contributed by atoms with E-state index in [1.54, 1.807) is 4.72 Å². The van der Waals surface area contributed by atoms with Gasteiger partial charge in [-0.05, 0) is 13.0 Å². The SMILES string of the molecule is COC(=O)NS(=O)(=O)N[C@@H]1CCNC1. The maximum absolute atomic E-state index is 11.2. The fraction of sp³-hybridized carbons (Fsp3) is 0.833. The standard InChI is InChI=1S/C6H13N3O4S/c1-13-6(10)9-14(11,12)8-5-2-3-7-4-5/h5,7-8H,2-4H2,1H3,(H,9,10)/t5-/m1/s1. The van der Waals surface area contributed by atoms with Crippen molar-refractivity contribution >= 4 is 16.3 Å². The highest BCUT2D eigenvalue weighted by Crippen LogP contribution is 1.98. The van der Waals surface area contributed by atoms with Gasteiger partial charge in [-0.25, -0.2) is 9.52 Å². The van der Waals surface area contributed by atoms with Gasteiger partial charge in [-0.3, -0.25) is 0 Å². The molecule has 0 unspecified atom stereocenters. The van der Waals surface area contributed by atoms with E-state index in [0.717, 1.165) is 13.7 Å². The van der Waals surface area contributed by atoms with Crippen molar-refractivity contribution in [2.24, 2.45) is 0 Å². The minimum absolute atomic E-state index is 0.169. The Bertz CT molecular complexity index is 296. The van der Waals surface area contributed by atoms with Gasteiger partial charge in [0.25, 0.3) is 0 Å². The highest BCUT2D eigenvalue weighted by atomic mass is 32.2. The number of amides is 1. The molecule has 0 radical (unpaired) electrons. The Morgan fingerprint density at radius 1 is 1.57 bits per heavy atom. The molecule has 1 fully saturated rings. The molecule has 0 aromatic heterocycles. The maximum atomic E-state index is 11.2. The van der Waals surface area contributed by atoms with E-state index in [9.17, 15) is 13.2 Å². The Morgan fingerprint density at radius 2 is 2.29 bits per heavy atom. The number of nitrogens with one attached hydrogen (secondary N) is 3. The summed E-state index contributed by atoms with van der Waals surface area (Å²) in [6.07, 6.45) is -0.286. The van der Waals surface area contributed by atoms with E-state index in [1.165, 1.54) is 0 Å². The molecule has 0 spiro atoms. The van der Waals surface area contributed by atoms with Gasteiger partial charge in [-0.15, -0.1) is 0 Å². The highest BCUT2D eigenvalue weighted by molar-refractivity contribution is 7.88. The highest BCUT2D eigenvalue weighted by Gasteiger charge is 2.22. The van der Waals surface area contributed by atoms with Crippen LogP contribution in [0.5, 0.6) is 0 Å². The second-order valence-corrected chi connectivity index (χ2v) is 4.35. The van der Waals surface area contributed by atoms with Crippen molar-refractivity contribution < 1.29 is 17.9 Å². The number of hydrogen-bond donors (Lipinski definition) is 3. The lowest BCUT2D eigenvalue weighted by molar-refractivity contribution is 0.177. The molecular weight excluding hydrogens is 210 g/mol. The van der Waals surface area contributed by atoms with E-state index in [2.05, 4.69) is 14.8 Å². The van der Waals surface area contributed by atoms with Gasteiger partial charge >= 0.3 is 16.3 Å². The third-order valence-electron chi connectivity index (χ3n) is 1.79. The van der Waals surface area contributed by atoms with E-state index in [1.807, 2.05) is 0 Å². The molecule has 1 heterocycles. The molecule has 1 amide bonds. The van der Waals surface area contributed by atoms with E-state index in [-0.39, 0.29) is 6.04 Å². The van der Waals surface area contributed by atoms with E-state index >= 15 is 0 Å². The first-order valence-electron chi connectivity index (χ1n) is 4.12. The molecule has 0 aliphatic carbocycles. The van der Waals surface area contributed by atoms with Crippen LogP contribution in [0.15, 0.2) is 0 Å². The van der Waals surface area contributed by atoms with Crippen molar-refractivity contribution in [1.29, 1.82) is 0 Å². The zero-order valence-corrected chi connectivity index (χ0v) is 8.56. The Labute approximate surface area is 82.4 Å². The summed E-state index contributed by atoms with van der Waals surface area (Å²) in [7, 11) is -2.69. The van der Waals surface area contributed by atoms with E-state index < -0.39 is 16.3 Å². The average Bonchev–Trinajstić information content (AvgIpc) is 2.54. The predicted octanol–water partition coefficient (Wildman–Crippen LogP) is -1.46. The molecule has 8 heteroatoms. The summed E-state index contributed by atoms with van der Waals surface area (Å²) < 4.78 is 30.6. The number of methoxy groups -OCH3 is 1. The predicted molar refractivity (Wildman–Crippen MR) is 48.9 cm³/mol. The molecule has 1 atom stereocenters. The molecule has 1 aliphatic heterocycles. The van der Waals surface area contributed by atoms with Crippen molar-refractivity contribution in [3.63, 3.8) is 0 Å². The Kier molecular flexibility index (Phi) is 3.67. The lowest BCUT2D eigenvalue weighted by Gasteiger charge is -2.11. The number of hydrogen-bond acceptors (Lipinski definition) is 5. The van der Waals surface area contributed by atoms with Crippen LogP contribution in [-0.2, 0) is 14.9 Å². The topological polar surface area (TPSA) is 96.5 Å². The van der Waals surface area contributed by atoms with Crippen molar-refractivity contribution in [3.8, 4) is 0 Å². The van der Waals surface area contributed by atoms with Crippen molar-refractivity contribution in [1.82, 2.24) is 14.8 Å². The lowest BCUT2D eigenvalue weighted by atomic mass is 10.3. The largest absolute Gasteiger partial charge is 0.452 e. The van der Waals surface area contributed by atoms with Gasteiger partial charge in [0, 0.05) is 12.6 Å². The normalized spacial score (nSPS) is 21.9. The number of carbonyl (C=O) groups excluding carboxylic acids is 1. The third kappa shape index (κ3) is 3.48. The van der Waals surface area contributed by atoms with Crippen LogP contribution >= 0.6 is 0 Å². The van der Waals surface area contributed by atoms with Crippen molar-refractivity contribution in [2.45, 2.75) is 12.5 Å².